The lowest BCUT2D eigenvalue weighted by molar-refractivity contribution is 0.143. The molecule has 0 aromatic carbocycles. The molecule has 0 amide bonds. The highest BCUT2D eigenvalue weighted by molar-refractivity contribution is 4.52. The van der Waals surface area contributed by atoms with Crippen molar-refractivity contribution < 1.29 is 4.74 Å². The van der Waals surface area contributed by atoms with Crippen LogP contribution in [0.25, 0.3) is 0 Å². The normalized spacial score (nSPS) is 11.4. The van der Waals surface area contributed by atoms with Crippen molar-refractivity contribution in [2.45, 2.75) is 135 Å². The fraction of sp³-hybridized carbons (Fsp3) is 1.00. The highest BCUT2D eigenvalue weighted by Crippen LogP contribution is 2.14. The summed E-state index contributed by atoms with van der Waals surface area (Å²) >= 11 is 0. The molecular formula is C26H56N2O. The van der Waals surface area contributed by atoms with Gasteiger partial charge in [-0.25, -0.2) is 0 Å². The minimum Gasteiger partial charge on any atom is -0.379 e. The van der Waals surface area contributed by atoms with Gasteiger partial charge in [0.1, 0.15) is 0 Å². The Morgan fingerprint density at radius 3 is 1.24 bits per heavy atom. The number of unbranched alkanes of at least 4 members (excludes halogenated alkanes) is 19. The second-order valence-corrected chi connectivity index (χ2v) is 8.87. The first-order valence-corrected chi connectivity index (χ1v) is 13.4. The molecule has 29 heavy (non-hydrogen) atoms. The second kappa shape index (κ2) is 27.9. The van der Waals surface area contributed by atoms with E-state index in [1.165, 1.54) is 128 Å². The molecule has 0 rings (SSSR count). The number of ether oxygens (including phenoxy) is 1. The maximum Gasteiger partial charge on any atom is 0.0591 e. The van der Waals surface area contributed by atoms with E-state index >= 15 is 0 Å². The van der Waals surface area contributed by atoms with E-state index in [4.69, 9.17) is 10.5 Å². The van der Waals surface area contributed by atoms with E-state index in [0.717, 1.165) is 19.7 Å². The first-order valence-electron chi connectivity index (χ1n) is 13.4. The first-order chi connectivity index (χ1) is 14.4. The van der Waals surface area contributed by atoms with E-state index in [9.17, 15) is 0 Å². The van der Waals surface area contributed by atoms with Crippen LogP contribution in [0, 0.1) is 0 Å². The van der Waals surface area contributed by atoms with E-state index in [0.29, 0.717) is 13.2 Å². The van der Waals surface area contributed by atoms with Gasteiger partial charge in [-0.1, -0.05) is 129 Å². The molecule has 3 N–H and O–H groups in total. The van der Waals surface area contributed by atoms with Crippen LogP contribution in [0.1, 0.15) is 135 Å². The number of hydrogen-bond acceptors (Lipinski definition) is 3. The first kappa shape index (κ1) is 28.9. The molecule has 0 atom stereocenters. The Labute approximate surface area is 184 Å². The second-order valence-electron chi connectivity index (χ2n) is 8.87. The van der Waals surface area contributed by atoms with Gasteiger partial charge in [0.05, 0.1) is 13.2 Å². The monoisotopic (exact) mass is 412 g/mol. The molecule has 0 fully saturated rings. The smallest absolute Gasteiger partial charge is 0.0591 e. The highest BCUT2D eigenvalue weighted by Gasteiger charge is 1.95. The zero-order valence-electron chi connectivity index (χ0n) is 20.2. The molecular weight excluding hydrogens is 356 g/mol. The minimum atomic E-state index is 0.624. The molecule has 3 heteroatoms. The SMILES string of the molecule is CCCCCCCCCCCCCCCCCCCCCCNCCOCCN. The summed E-state index contributed by atoms with van der Waals surface area (Å²) in [5, 5.41) is 3.44. The molecule has 0 aromatic rings. The fourth-order valence-electron chi connectivity index (χ4n) is 3.96. The van der Waals surface area contributed by atoms with Gasteiger partial charge in [-0.15, -0.1) is 0 Å². The van der Waals surface area contributed by atoms with Crippen LogP contribution in [0.4, 0.5) is 0 Å². The third-order valence-electron chi connectivity index (χ3n) is 5.89. The molecule has 0 saturated heterocycles. The standard InChI is InChI=1S/C26H56N2O/c1-2-3-4-5-6-7-8-9-10-11-12-13-14-15-16-17-18-19-20-21-23-28-24-26-29-25-22-27/h28H,2-27H2,1H3. The van der Waals surface area contributed by atoms with Crippen LogP contribution in [0.5, 0.6) is 0 Å². The lowest BCUT2D eigenvalue weighted by Crippen LogP contribution is -2.22. The Balaban J connectivity index is 2.97. The lowest BCUT2D eigenvalue weighted by atomic mass is 10.0. The third-order valence-corrected chi connectivity index (χ3v) is 5.89. The van der Waals surface area contributed by atoms with Crippen LogP contribution in [0.2, 0.25) is 0 Å². The van der Waals surface area contributed by atoms with Gasteiger partial charge in [-0.3, -0.25) is 0 Å². The van der Waals surface area contributed by atoms with Crippen molar-refractivity contribution in [2.75, 3.05) is 32.8 Å². The van der Waals surface area contributed by atoms with Crippen molar-refractivity contribution in [3.63, 3.8) is 0 Å². The van der Waals surface area contributed by atoms with Gasteiger partial charge in [-0.2, -0.15) is 0 Å². The number of nitrogens with one attached hydrogen (secondary N) is 1. The Kier molecular flexibility index (Phi) is 27.8. The molecule has 0 saturated carbocycles. The summed E-state index contributed by atoms with van der Waals surface area (Å²) in [5.41, 5.74) is 5.38. The van der Waals surface area contributed by atoms with Crippen LogP contribution in [-0.2, 0) is 4.74 Å². The van der Waals surface area contributed by atoms with Crippen molar-refractivity contribution in [1.82, 2.24) is 5.32 Å². The summed E-state index contributed by atoms with van der Waals surface area (Å²) in [7, 11) is 0. The molecule has 0 aliphatic heterocycles. The Hall–Kier alpha value is -0.120. The van der Waals surface area contributed by atoms with E-state index < -0.39 is 0 Å². The summed E-state index contributed by atoms with van der Waals surface area (Å²) in [6, 6.07) is 0. The summed E-state index contributed by atoms with van der Waals surface area (Å²) < 4.78 is 5.34. The van der Waals surface area contributed by atoms with Gasteiger partial charge in [-0.05, 0) is 13.0 Å². The van der Waals surface area contributed by atoms with Crippen LogP contribution < -0.4 is 11.1 Å². The third kappa shape index (κ3) is 27.9. The summed E-state index contributed by atoms with van der Waals surface area (Å²) in [5.74, 6) is 0. The minimum absolute atomic E-state index is 0.624. The quantitative estimate of drug-likeness (QED) is 0.146. The van der Waals surface area contributed by atoms with Gasteiger partial charge in [0, 0.05) is 13.1 Å². The number of rotatable bonds is 26. The van der Waals surface area contributed by atoms with Crippen molar-refractivity contribution in [2.24, 2.45) is 5.73 Å². The largest absolute Gasteiger partial charge is 0.379 e. The van der Waals surface area contributed by atoms with Crippen molar-refractivity contribution in [1.29, 1.82) is 0 Å². The van der Waals surface area contributed by atoms with Gasteiger partial charge in [0.2, 0.25) is 0 Å². The molecule has 0 radical (unpaired) electrons. The zero-order valence-corrected chi connectivity index (χ0v) is 20.2. The molecule has 0 aliphatic rings. The highest BCUT2D eigenvalue weighted by atomic mass is 16.5. The zero-order chi connectivity index (χ0) is 21.1. The van der Waals surface area contributed by atoms with Gasteiger partial charge < -0.3 is 15.8 Å². The van der Waals surface area contributed by atoms with E-state index in [-0.39, 0.29) is 0 Å². The molecule has 0 bridgehead atoms. The van der Waals surface area contributed by atoms with Crippen LogP contribution in [0.3, 0.4) is 0 Å². The summed E-state index contributed by atoms with van der Waals surface area (Å²) in [6.45, 7) is 6.48. The Morgan fingerprint density at radius 1 is 0.483 bits per heavy atom. The van der Waals surface area contributed by atoms with Crippen LogP contribution >= 0.6 is 0 Å². The van der Waals surface area contributed by atoms with Gasteiger partial charge >= 0.3 is 0 Å². The Morgan fingerprint density at radius 2 is 0.862 bits per heavy atom. The summed E-state index contributed by atoms with van der Waals surface area (Å²) in [6.07, 6.45) is 28.9. The van der Waals surface area contributed by atoms with Gasteiger partial charge in [0.25, 0.3) is 0 Å². The van der Waals surface area contributed by atoms with E-state index in [1.807, 2.05) is 0 Å². The molecule has 0 spiro atoms. The molecule has 3 nitrogen and oxygen atoms in total. The van der Waals surface area contributed by atoms with Crippen LogP contribution in [0.15, 0.2) is 0 Å². The lowest BCUT2D eigenvalue weighted by Gasteiger charge is -2.06. The van der Waals surface area contributed by atoms with Crippen molar-refractivity contribution in [3.8, 4) is 0 Å². The van der Waals surface area contributed by atoms with Crippen LogP contribution in [-0.4, -0.2) is 32.8 Å². The molecule has 0 aliphatic carbocycles. The molecule has 0 heterocycles. The van der Waals surface area contributed by atoms with Crippen molar-refractivity contribution >= 4 is 0 Å². The molecule has 176 valence electrons. The average Bonchev–Trinajstić information content (AvgIpc) is 2.74. The van der Waals surface area contributed by atoms with Crippen molar-refractivity contribution in [3.05, 3.63) is 0 Å². The Bertz CT molecular complexity index is 247. The fourth-order valence-corrected chi connectivity index (χ4v) is 3.96. The molecule has 0 aromatic heterocycles. The predicted octanol–water partition coefficient (Wildman–Crippen LogP) is 7.37. The predicted molar refractivity (Wildman–Crippen MR) is 131 cm³/mol. The molecule has 0 unspecified atom stereocenters. The summed E-state index contributed by atoms with van der Waals surface area (Å²) in [4.78, 5) is 0. The topological polar surface area (TPSA) is 47.3 Å². The maximum absolute atomic E-state index is 5.38. The van der Waals surface area contributed by atoms with Gasteiger partial charge in [0.15, 0.2) is 0 Å². The average molecular weight is 413 g/mol. The number of hydrogen-bond donors (Lipinski definition) is 2. The van der Waals surface area contributed by atoms with E-state index in [1.54, 1.807) is 0 Å². The maximum atomic E-state index is 5.38. The number of nitrogens with two attached hydrogens (primary N) is 1. The van der Waals surface area contributed by atoms with E-state index in [2.05, 4.69) is 12.2 Å².